The fraction of sp³-hybridized carbons (Fsp3) is 0.688. The number of thioether (sulfide) groups is 1. The molecule has 0 aliphatic carbocycles. The first-order valence-corrected chi connectivity index (χ1v) is 11.0. The van der Waals surface area contributed by atoms with Gasteiger partial charge in [0.25, 0.3) is 5.24 Å². The van der Waals surface area contributed by atoms with Gasteiger partial charge in [-0.05, 0) is 0 Å². The first-order chi connectivity index (χ1) is 11.6. The summed E-state index contributed by atoms with van der Waals surface area (Å²) in [4.78, 5) is 35.5. The molecule has 0 saturated heterocycles. The van der Waals surface area contributed by atoms with Gasteiger partial charge in [0.15, 0.2) is 0 Å². The van der Waals surface area contributed by atoms with Gasteiger partial charge in [0.2, 0.25) is 0 Å². The Balaban J connectivity index is 4.58. The molecular formula is C16H27NO5S3. The van der Waals surface area contributed by atoms with Gasteiger partial charge in [-0.25, -0.2) is 4.79 Å². The Kier molecular flexibility index (Phi) is 12.1. The Morgan fingerprint density at radius 3 is 2.36 bits per heavy atom. The van der Waals surface area contributed by atoms with Crippen molar-refractivity contribution in [3.63, 3.8) is 0 Å². The molecule has 0 aromatic heterocycles. The van der Waals surface area contributed by atoms with E-state index in [1.807, 2.05) is 0 Å². The number of hydrogen-bond donors (Lipinski definition) is 1. The molecule has 0 aliphatic heterocycles. The molecule has 1 amide bonds. The highest BCUT2D eigenvalue weighted by Crippen LogP contribution is 2.35. The van der Waals surface area contributed by atoms with E-state index in [0.717, 1.165) is 11.8 Å². The number of hydrogen-bond acceptors (Lipinski definition) is 8. The Morgan fingerprint density at radius 1 is 1.20 bits per heavy atom. The van der Waals surface area contributed by atoms with Gasteiger partial charge < -0.3 is 14.8 Å². The van der Waals surface area contributed by atoms with Crippen LogP contribution in [0.2, 0.25) is 0 Å². The van der Waals surface area contributed by atoms with Crippen molar-refractivity contribution < 1.29 is 23.9 Å². The van der Waals surface area contributed by atoms with E-state index in [2.05, 4.69) is 37.4 Å². The predicted molar refractivity (Wildman–Crippen MR) is 107 cm³/mol. The smallest absolute Gasteiger partial charge is 0.329 e. The van der Waals surface area contributed by atoms with Crippen LogP contribution in [0.5, 0.6) is 0 Å². The van der Waals surface area contributed by atoms with Crippen molar-refractivity contribution in [3.05, 3.63) is 12.7 Å². The lowest BCUT2D eigenvalue weighted by Gasteiger charge is -2.20. The van der Waals surface area contributed by atoms with E-state index in [1.165, 1.54) is 24.0 Å². The molecule has 0 spiro atoms. The Labute approximate surface area is 162 Å². The minimum atomic E-state index is -0.756. The molecule has 0 radical (unpaired) electrons. The Morgan fingerprint density at radius 2 is 1.84 bits per heavy atom. The number of carbonyl (C=O) groups excluding carboxylic acids is 3. The summed E-state index contributed by atoms with van der Waals surface area (Å²) in [5.74, 6) is -0.623. The zero-order valence-corrected chi connectivity index (χ0v) is 17.8. The van der Waals surface area contributed by atoms with E-state index in [0.29, 0.717) is 5.75 Å². The number of amides is 1. The van der Waals surface area contributed by atoms with E-state index >= 15 is 0 Å². The highest BCUT2D eigenvalue weighted by Gasteiger charge is 2.25. The first kappa shape index (κ1) is 24.2. The SMILES string of the molecule is C=CCOC(=O)[C@H](CSSC(C)(C)C)NC(=O)SC[C@H](C)C(=O)OC. The lowest BCUT2D eigenvalue weighted by molar-refractivity contribution is -0.144. The minimum absolute atomic E-state index is 0.0366. The number of nitrogens with one attached hydrogen (secondary N) is 1. The van der Waals surface area contributed by atoms with Gasteiger partial charge in [0.05, 0.1) is 13.0 Å². The number of methoxy groups -OCH3 is 1. The maximum absolute atomic E-state index is 12.1. The second-order valence-corrected chi connectivity index (χ2v) is 10.3. The summed E-state index contributed by atoms with van der Waals surface area (Å²) in [5.41, 5.74) is 0. The molecule has 9 heteroatoms. The van der Waals surface area contributed by atoms with E-state index < -0.39 is 17.9 Å². The zero-order chi connectivity index (χ0) is 19.5. The van der Waals surface area contributed by atoms with Gasteiger partial charge in [-0.3, -0.25) is 9.59 Å². The fourth-order valence-electron chi connectivity index (χ4n) is 1.34. The van der Waals surface area contributed by atoms with Crippen LogP contribution in [0, 0.1) is 5.92 Å². The summed E-state index contributed by atoms with van der Waals surface area (Å²) in [6, 6.07) is -0.756. The van der Waals surface area contributed by atoms with Crippen LogP contribution in [0.4, 0.5) is 4.79 Å². The van der Waals surface area contributed by atoms with Gasteiger partial charge in [-0.1, -0.05) is 73.7 Å². The average Bonchev–Trinajstić information content (AvgIpc) is 2.54. The van der Waals surface area contributed by atoms with Gasteiger partial charge in [0, 0.05) is 16.3 Å². The average molecular weight is 410 g/mol. The second-order valence-electron chi connectivity index (χ2n) is 6.12. The topological polar surface area (TPSA) is 81.7 Å². The summed E-state index contributed by atoms with van der Waals surface area (Å²) < 4.78 is 9.70. The quantitative estimate of drug-likeness (QED) is 0.333. The van der Waals surface area contributed by atoms with Crippen molar-refractivity contribution >= 4 is 50.5 Å². The highest BCUT2D eigenvalue weighted by atomic mass is 33.1. The van der Waals surface area contributed by atoms with E-state index in [4.69, 9.17) is 4.74 Å². The van der Waals surface area contributed by atoms with E-state index in [1.54, 1.807) is 17.7 Å². The lowest BCUT2D eigenvalue weighted by atomic mass is 10.2. The third-order valence-corrected chi connectivity index (χ3v) is 6.93. The van der Waals surface area contributed by atoms with Gasteiger partial charge in [0.1, 0.15) is 12.6 Å². The molecule has 144 valence electrons. The van der Waals surface area contributed by atoms with Crippen molar-refractivity contribution in [2.45, 2.75) is 38.5 Å². The maximum atomic E-state index is 12.1. The van der Waals surface area contributed by atoms with Crippen molar-refractivity contribution in [3.8, 4) is 0 Å². The second kappa shape index (κ2) is 12.5. The standard InChI is InChI=1S/C16H27NO5S3/c1-7-8-22-14(19)12(10-24-25-16(3,4)5)17-15(20)23-9-11(2)13(18)21-6/h7,11-12H,1,8-10H2,2-6H3,(H,17,20)/t11-,12-/m0/s1. The molecule has 0 aromatic carbocycles. The maximum Gasteiger partial charge on any atom is 0.329 e. The van der Waals surface area contributed by atoms with Crippen molar-refractivity contribution in [1.29, 1.82) is 0 Å². The zero-order valence-electron chi connectivity index (χ0n) is 15.3. The molecule has 0 rings (SSSR count). The molecule has 2 atom stereocenters. The molecule has 0 aliphatic rings. The van der Waals surface area contributed by atoms with Crippen LogP contribution in [0.1, 0.15) is 27.7 Å². The third kappa shape index (κ3) is 12.2. The number of esters is 2. The van der Waals surface area contributed by atoms with Crippen LogP contribution >= 0.6 is 33.3 Å². The van der Waals surface area contributed by atoms with Crippen molar-refractivity contribution in [2.24, 2.45) is 5.92 Å². The highest BCUT2D eigenvalue weighted by molar-refractivity contribution is 8.77. The first-order valence-electron chi connectivity index (χ1n) is 7.70. The molecule has 0 saturated carbocycles. The summed E-state index contributed by atoms with van der Waals surface area (Å²) in [7, 11) is 4.43. The van der Waals surface area contributed by atoms with Crippen LogP contribution in [-0.4, -0.2) is 53.2 Å². The van der Waals surface area contributed by atoms with Crippen LogP contribution < -0.4 is 5.32 Å². The molecule has 0 bridgehead atoms. The molecule has 25 heavy (non-hydrogen) atoms. The van der Waals surface area contributed by atoms with Gasteiger partial charge in [-0.15, -0.1) is 0 Å². The summed E-state index contributed by atoms with van der Waals surface area (Å²) >= 11 is 0.942. The Bertz CT molecular complexity index is 465. The molecule has 0 aromatic rings. The van der Waals surface area contributed by atoms with Crippen molar-refractivity contribution in [2.75, 3.05) is 25.2 Å². The lowest BCUT2D eigenvalue weighted by Crippen LogP contribution is -2.42. The van der Waals surface area contributed by atoms with Gasteiger partial charge >= 0.3 is 11.9 Å². The van der Waals surface area contributed by atoms with Crippen LogP contribution in [0.15, 0.2) is 12.7 Å². The molecule has 0 fully saturated rings. The monoisotopic (exact) mass is 409 g/mol. The molecule has 0 unspecified atom stereocenters. The number of ether oxygens (including phenoxy) is 2. The summed E-state index contributed by atoms with van der Waals surface area (Å²) in [5, 5.41) is 2.28. The van der Waals surface area contributed by atoms with Crippen LogP contribution in [-0.2, 0) is 19.1 Å². The summed E-state index contributed by atoms with van der Waals surface area (Å²) in [6.45, 7) is 11.5. The number of rotatable bonds is 10. The summed E-state index contributed by atoms with van der Waals surface area (Å²) in [6.07, 6.45) is 1.47. The van der Waals surface area contributed by atoms with Crippen molar-refractivity contribution in [1.82, 2.24) is 5.32 Å². The van der Waals surface area contributed by atoms with Gasteiger partial charge in [-0.2, -0.15) is 0 Å². The molecule has 0 heterocycles. The Hall–Kier alpha value is -0.800. The normalized spacial score (nSPS) is 13.5. The molecule has 1 N–H and O–H groups in total. The van der Waals surface area contributed by atoms with E-state index in [9.17, 15) is 14.4 Å². The third-order valence-electron chi connectivity index (χ3n) is 2.53. The number of carbonyl (C=O) groups is 3. The molecular weight excluding hydrogens is 382 g/mol. The molecule has 6 nitrogen and oxygen atoms in total. The fourth-order valence-corrected chi connectivity index (χ4v) is 4.56. The predicted octanol–water partition coefficient (Wildman–Crippen LogP) is 3.52. The van der Waals surface area contributed by atoms with Crippen LogP contribution in [0.25, 0.3) is 0 Å². The minimum Gasteiger partial charge on any atom is -0.469 e. The van der Waals surface area contributed by atoms with E-state index in [-0.39, 0.29) is 28.3 Å². The largest absolute Gasteiger partial charge is 0.469 e. The van der Waals surface area contributed by atoms with Crippen LogP contribution in [0.3, 0.4) is 0 Å².